The number of rotatable bonds is 7. The second-order valence-corrected chi connectivity index (χ2v) is 5.55. The maximum absolute atomic E-state index is 11.4. The topological polar surface area (TPSA) is 109 Å². The van der Waals surface area contributed by atoms with Crippen LogP contribution in [-0.4, -0.2) is 52.6 Å². The van der Waals surface area contributed by atoms with Crippen molar-refractivity contribution in [2.45, 2.75) is 6.54 Å². The van der Waals surface area contributed by atoms with E-state index in [9.17, 15) is 9.90 Å². The Bertz CT molecular complexity index is 928. The first-order valence-corrected chi connectivity index (χ1v) is 7.96. The van der Waals surface area contributed by atoms with E-state index in [1.165, 1.54) is 19.0 Å². The summed E-state index contributed by atoms with van der Waals surface area (Å²) < 4.78 is 15.5. The van der Waals surface area contributed by atoms with E-state index in [2.05, 4.69) is 15.4 Å². The predicted octanol–water partition coefficient (Wildman–Crippen LogP) is 2.11. The Morgan fingerprint density at radius 2 is 1.67 bits per heavy atom. The Kier molecular flexibility index (Phi) is 5.20. The number of carboxylic acids is 1. The number of carboxylic acid groups (broad SMARTS) is 1. The molecule has 1 heterocycles. The number of aromatic carboxylic acids is 1. The maximum atomic E-state index is 11.4. The third-order valence-electron chi connectivity index (χ3n) is 3.91. The number of nitrogens with zero attached hydrogens (tertiary/aromatic N) is 4. The molecule has 0 aliphatic heterocycles. The van der Waals surface area contributed by atoms with Gasteiger partial charge >= 0.3 is 5.97 Å². The number of benzene rings is 2. The van der Waals surface area contributed by atoms with Crippen molar-refractivity contribution in [3.05, 3.63) is 47.5 Å². The first-order chi connectivity index (χ1) is 13.0. The van der Waals surface area contributed by atoms with Crippen LogP contribution in [0.25, 0.3) is 11.4 Å². The quantitative estimate of drug-likeness (QED) is 0.674. The van der Waals surface area contributed by atoms with Gasteiger partial charge in [-0.05, 0) is 35.0 Å². The fraction of sp³-hybridized carbons (Fsp3) is 0.222. The fourth-order valence-corrected chi connectivity index (χ4v) is 2.57. The van der Waals surface area contributed by atoms with Gasteiger partial charge in [0.15, 0.2) is 0 Å². The van der Waals surface area contributed by atoms with Gasteiger partial charge < -0.3 is 19.3 Å². The lowest BCUT2D eigenvalue weighted by Gasteiger charge is -2.11. The molecule has 0 fully saturated rings. The summed E-state index contributed by atoms with van der Waals surface area (Å²) in [5, 5.41) is 21.8. The van der Waals surface area contributed by atoms with Gasteiger partial charge in [-0.25, -0.2) is 4.79 Å². The van der Waals surface area contributed by atoms with Crippen molar-refractivity contribution in [1.29, 1.82) is 0 Å². The molecule has 0 atom stereocenters. The van der Waals surface area contributed by atoms with Gasteiger partial charge in [0.25, 0.3) is 0 Å². The van der Waals surface area contributed by atoms with Gasteiger partial charge in [-0.3, -0.25) is 0 Å². The van der Waals surface area contributed by atoms with E-state index in [0.717, 1.165) is 11.3 Å². The molecule has 2 aromatic carbocycles. The van der Waals surface area contributed by atoms with E-state index in [4.69, 9.17) is 14.2 Å². The SMILES string of the molecule is COc1ccc(Cn2nnc(-c3cc(OC)c(C(=O)O)c(OC)c3)n2)cc1. The van der Waals surface area contributed by atoms with Crippen LogP contribution in [0.4, 0.5) is 0 Å². The zero-order valence-electron chi connectivity index (χ0n) is 15.0. The second kappa shape index (κ2) is 7.73. The minimum Gasteiger partial charge on any atom is -0.497 e. The number of methoxy groups -OCH3 is 3. The van der Waals surface area contributed by atoms with Crippen LogP contribution in [-0.2, 0) is 6.54 Å². The summed E-state index contributed by atoms with van der Waals surface area (Å²) in [5.74, 6) is 0.263. The van der Waals surface area contributed by atoms with Crippen molar-refractivity contribution >= 4 is 5.97 Å². The number of carbonyl (C=O) groups is 1. The van der Waals surface area contributed by atoms with Crippen LogP contribution in [0.5, 0.6) is 17.2 Å². The van der Waals surface area contributed by atoms with Crippen molar-refractivity contribution in [3.8, 4) is 28.6 Å². The van der Waals surface area contributed by atoms with E-state index in [1.807, 2.05) is 24.3 Å². The molecule has 0 aliphatic rings. The predicted molar refractivity (Wildman–Crippen MR) is 95.4 cm³/mol. The summed E-state index contributed by atoms with van der Waals surface area (Å²) in [7, 11) is 4.39. The number of hydrogen-bond acceptors (Lipinski definition) is 7. The van der Waals surface area contributed by atoms with E-state index in [1.54, 1.807) is 19.2 Å². The molecule has 9 heteroatoms. The molecule has 0 aliphatic carbocycles. The van der Waals surface area contributed by atoms with Gasteiger partial charge in [-0.15, -0.1) is 10.2 Å². The van der Waals surface area contributed by atoms with Crippen molar-refractivity contribution in [2.24, 2.45) is 0 Å². The highest BCUT2D eigenvalue weighted by Gasteiger charge is 2.21. The summed E-state index contributed by atoms with van der Waals surface area (Å²) in [4.78, 5) is 12.9. The largest absolute Gasteiger partial charge is 0.497 e. The van der Waals surface area contributed by atoms with Crippen LogP contribution in [0.3, 0.4) is 0 Å². The van der Waals surface area contributed by atoms with Crippen LogP contribution in [0.1, 0.15) is 15.9 Å². The van der Waals surface area contributed by atoms with Gasteiger partial charge in [0.1, 0.15) is 22.8 Å². The van der Waals surface area contributed by atoms with Gasteiger partial charge in [-0.2, -0.15) is 4.80 Å². The minimum atomic E-state index is -1.15. The van der Waals surface area contributed by atoms with E-state index in [-0.39, 0.29) is 17.1 Å². The average Bonchev–Trinajstić information content (AvgIpc) is 3.15. The summed E-state index contributed by atoms with van der Waals surface area (Å²) in [6.07, 6.45) is 0. The molecule has 0 saturated carbocycles. The zero-order valence-corrected chi connectivity index (χ0v) is 15.0. The van der Waals surface area contributed by atoms with Crippen molar-refractivity contribution in [2.75, 3.05) is 21.3 Å². The molecule has 140 valence electrons. The lowest BCUT2D eigenvalue weighted by molar-refractivity contribution is 0.0689. The van der Waals surface area contributed by atoms with Gasteiger partial charge in [0.2, 0.25) is 5.82 Å². The van der Waals surface area contributed by atoms with Gasteiger partial charge in [-0.1, -0.05) is 12.1 Å². The molecule has 1 N–H and O–H groups in total. The molecule has 0 saturated heterocycles. The lowest BCUT2D eigenvalue weighted by atomic mass is 10.1. The zero-order chi connectivity index (χ0) is 19.4. The standard InChI is InChI=1S/C18H18N4O5/c1-25-13-6-4-11(5-7-13)10-22-20-17(19-21-22)12-8-14(26-2)16(18(23)24)15(9-12)27-3/h4-9H,10H2,1-3H3,(H,23,24). The van der Waals surface area contributed by atoms with Crippen molar-refractivity contribution < 1.29 is 24.1 Å². The Morgan fingerprint density at radius 3 is 2.19 bits per heavy atom. The van der Waals surface area contributed by atoms with E-state index in [0.29, 0.717) is 17.9 Å². The molecular formula is C18H18N4O5. The molecule has 0 spiro atoms. The van der Waals surface area contributed by atoms with E-state index >= 15 is 0 Å². The normalized spacial score (nSPS) is 10.5. The molecular weight excluding hydrogens is 352 g/mol. The van der Waals surface area contributed by atoms with Crippen LogP contribution < -0.4 is 14.2 Å². The molecule has 3 aromatic rings. The Labute approximate surface area is 155 Å². The fourth-order valence-electron chi connectivity index (χ4n) is 2.57. The summed E-state index contributed by atoms with van der Waals surface area (Å²) in [5.41, 5.74) is 1.46. The smallest absolute Gasteiger partial charge is 0.343 e. The molecule has 3 rings (SSSR count). The number of tetrazole rings is 1. The first-order valence-electron chi connectivity index (χ1n) is 7.96. The third-order valence-corrected chi connectivity index (χ3v) is 3.91. The molecule has 0 unspecified atom stereocenters. The number of hydrogen-bond donors (Lipinski definition) is 1. The Hall–Kier alpha value is -3.62. The molecule has 0 bridgehead atoms. The van der Waals surface area contributed by atoms with Gasteiger partial charge in [0.05, 0.1) is 27.9 Å². The maximum Gasteiger partial charge on any atom is 0.343 e. The number of ether oxygens (including phenoxy) is 3. The Morgan fingerprint density at radius 1 is 1.04 bits per heavy atom. The van der Waals surface area contributed by atoms with Crippen LogP contribution in [0, 0.1) is 0 Å². The average molecular weight is 370 g/mol. The number of aromatic nitrogens is 4. The molecule has 9 nitrogen and oxygen atoms in total. The third kappa shape index (κ3) is 3.81. The molecule has 1 aromatic heterocycles. The molecule has 27 heavy (non-hydrogen) atoms. The van der Waals surface area contributed by atoms with Crippen LogP contribution in [0.2, 0.25) is 0 Å². The lowest BCUT2D eigenvalue weighted by Crippen LogP contribution is -2.05. The Balaban J connectivity index is 1.90. The highest BCUT2D eigenvalue weighted by molar-refractivity contribution is 5.95. The molecule has 0 radical (unpaired) electrons. The summed E-state index contributed by atoms with van der Waals surface area (Å²) in [6, 6.07) is 10.6. The summed E-state index contributed by atoms with van der Waals surface area (Å²) in [6.45, 7) is 0.429. The highest BCUT2D eigenvalue weighted by atomic mass is 16.5. The van der Waals surface area contributed by atoms with Crippen molar-refractivity contribution in [3.63, 3.8) is 0 Å². The summed E-state index contributed by atoms with van der Waals surface area (Å²) >= 11 is 0. The molecule has 0 amide bonds. The van der Waals surface area contributed by atoms with Gasteiger partial charge in [0, 0.05) is 5.56 Å². The van der Waals surface area contributed by atoms with Crippen LogP contribution >= 0.6 is 0 Å². The highest BCUT2D eigenvalue weighted by Crippen LogP contribution is 2.33. The minimum absolute atomic E-state index is 0.0608. The monoisotopic (exact) mass is 370 g/mol. The second-order valence-electron chi connectivity index (χ2n) is 5.55. The van der Waals surface area contributed by atoms with Crippen LogP contribution in [0.15, 0.2) is 36.4 Å². The van der Waals surface area contributed by atoms with Crippen molar-refractivity contribution in [1.82, 2.24) is 20.2 Å². The first kappa shape index (κ1) is 18.2. The van der Waals surface area contributed by atoms with E-state index < -0.39 is 5.97 Å².